The van der Waals surface area contributed by atoms with Gasteiger partial charge in [0.15, 0.2) is 0 Å². The maximum absolute atomic E-state index is 11.4. The van der Waals surface area contributed by atoms with Crippen molar-refractivity contribution < 1.29 is 9.53 Å². The lowest BCUT2D eigenvalue weighted by Crippen LogP contribution is -2.04. The molecule has 1 aromatic rings. The van der Waals surface area contributed by atoms with Crippen LogP contribution in [-0.2, 0) is 4.74 Å². The molecule has 0 saturated heterocycles. The molecule has 0 unspecified atom stereocenters. The summed E-state index contributed by atoms with van der Waals surface area (Å²) in [4.78, 5) is 12.6. The van der Waals surface area contributed by atoms with Crippen molar-refractivity contribution in [3.8, 4) is 0 Å². The van der Waals surface area contributed by atoms with Gasteiger partial charge < -0.3 is 10.1 Å². The molecule has 0 saturated carbocycles. The zero-order valence-electron chi connectivity index (χ0n) is 7.87. The summed E-state index contributed by atoms with van der Waals surface area (Å²) in [7, 11) is 0. The van der Waals surface area contributed by atoms with Crippen LogP contribution in [-0.4, -0.2) is 18.5 Å². The molecule has 0 aliphatic carbocycles. The molecule has 0 bridgehead atoms. The Morgan fingerprint density at radius 1 is 1.64 bits per heavy atom. The summed E-state index contributed by atoms with van der Waals surface area (Å²) in [5, 5.41) is 3.19. The van der Waals surface area contributed by atoms with Crippen molar-refractivity contribution in [2.24, 2.45) is 0 Å². The first kappa shape index (κ1) is 9.40. The number of nitrogens with one attached hydrogen (secondary N) is 1. The third kappa shape index (κ3) is 1.70. The molecule has 1 N–H and O–H groups in total. The largest absolute Gasteiger partial charge is 0.462 e. The normalized spacial score (nSPS) is 13.2. The van der Waals surface area contributed by atoms with Gasteiger partial charge in [0, 0.05) is 10.6 Å². The standard InChI is InChI=1S/C10H11NO2S/c1-2-13-10(12)7-3-4-9-8(5-7)11-6-14-9/h3-5,11H,2,6H2,1H3. The number of anilines is 1. The minimum Gasteiger partial charge on any atom is -0.462 e. The first-order valence-electron chi connectivity index (χ1n) is 4.49. The van der Waals surface area contributed by atoms with E-state index < -0.39 is 0 Å². The van der Waals surface area contributed by atoms with E-state index >= 15 is 0 Å². The molecule has 0 amide bonds. The molecule has 0 aromatic heterocycles. The number of esters is 1. The highest BCUT2D eigenvalue weighted by atomic mass is 32.2. The van der Waals surface area contributed by atoms with Crippen LogP contribution in [0.2, 0.25) is 0 Å². The van der Waals surface area contributed by atoms with Gasteiger partial charge in [-0.3, -0.25) is 0 Å². The van der Waals surface area contributed by atoms with Gasteiger partial charge in [0.1, 0.15) is 0 Å². The van der Waals surface area contributed by atoms with Gasteiger partial charge >= 0.3 is 5.97 Å². The number of carbonyl (C=O) groups excluding carboxylic acids is 1. The summed E-state index contributed by atoms with van der Waals surface area (Å²) < 4.78 is 4.91. The minimum atomic E-state index is -0.256. The van der Waals surface area contributed by atoms with Crippen LogP contribution in [0.15, 0.2) is 23.1 Å². The van der Waals surface area contributed by atoms with Crippen molar-refractivity contribution in [3.63, 3.8) is 0 Å². The molecular weight excluding hydrogens is 198 g/mol. The van der Waals surface area contributed by atoms with Crippen LogP contribution in [0, 0.1) is 0 Å². The highest BCUT2D eigenvalue weighted by Gasteiger charge is 2.14. The van der Waals surface area contributed by atoms with E-state index in [2.05, 4.69) is 5.32 Å². The van der Waals surface area contributed by atoms with Gasteiger partial charge in [0.25, 0.3) is 0 Å². The molecule has 0 radical (unpaired) electrons. The Morgan fingerprint density at radius 3 is 3.29 bits per heavy atom. The summed E-state index contributed by atoms with van der Waals surface area (Å²) in [6.07, 6.45) is 0. The summed E-state index contributed by atoms with van der Waals surface area (Å²) in [6, 6.07) is 5.59. The van der Waals surface area contributed by atoms with Crippen LogP contribution in [0.3, 0.4) is 0 Å². The van der Waals surface area contributed by atoms with E-state index in [1.165, 1.54) is 4.90 Å². The Hall–Kier alpha value is -1.16. The van der Waals surface area contributed by atoms with E-state index in [1.807, 2.05) is 12.1 Å². The monoisotopic (exact) mass is 209 g/mol. The van der Waals surface area contributed by atoms with Crippen LogP contribution in [0.1, 0.15) is 17.3 Å². The summed E-state index contributed by atoms with van der Waals surface area (Å²) in [5.74, 6) is 0.621. The van der Waals surface area contributed by atoms with Crippen molar-refractivity contribution in [1.82, 2.24) is 0 Å². The third-order valence-corrected chi connectivity index (χ3v) is 2.94. The molecule has 0 spiro atoms. The number of benzene rings is 1. The highest BCUT2D eigenvalue weighted by Crippen LogP contribution is 2.34. The Morgan fingerprint density at radius 2 is 2.50 bits per heavy atom. The molecule has 0 fully saturated rings. The quantitative estimate of drug-likeness (QED) is 0.759. The topological polar surface area (TPSA) is 38.3 Å². The molecule has 1 aliphatic rings. The second kappa shape index (κ2) is 3.92. The van der Waals surface area contributed by atoms with Crippen LogP contribution in [0.5, 0.6) is 0 Å². The molecule has 1 heterocycles. The smallest absolute Gasteiger partial charge is 0.338 e. The predicted molar refractivity (Wildman–Crippen MR) is 56.7 cm³/mol. The molecule has 2 rings (SSSR count). The van der Waals surface area contributed by atoms with Gasteiger partial charge in [-0.2, -0.15) is 0 Å². The number of hydrogen-bond acceptors (Lipinski definition) is 4. The van der Waals surface area contributed by atoms with Crippen LogP contribution in [0.25, 0.3) is 0 Å². The van der Waals surface area contributed by atoms with E-state index in [0.717, 1.165) is 11.6 Å². The number of rotatable bonds is 2. The predicted octanol–water partition coefficient (Wildman–Crippen LogP) is 2.34. The molecule has 1 aliphatic heterocycles. The number of ether oxygens (including phenoxy) is 1. The summed E-state index contributed by atoms with van der Waals surface area (Å²) >= 11 is 1.74. The number of carbonyl (C=O) groups is 1. The van der Waals surface area contributed by atoms with E-state index in [0.29, 0.717) is 12.2 Å². The SMILES string of the molecule is CCOC(=O)c1ccc2c(c1)NCS2. The second-order valence-electron chi connectivity index (χ2n) is 2.90. The lowest BCUT2D eigenvalue weighted by molar-refractivity contribution is 0.0526. The van der Waals surface area contributed by atoms with Crippen molar-refractivity contribution >= 4 is 23.4 Å². The molecule has 14 heavy (non-hydrogen) atoms. The number of hydrogen-bond donors (Lipinski definition) is 1. The van der Waals surface area contributed by atoms with Gasteiger partial charge in [-0.15, -0.1) is 11.8 Å². The third-order valence-electron chi connectivity index (χ3n) is 1.98. The second-order valence-corrected chi connectivity index (χ2v) is 3.91. The van der Waals surface area contributed by atoms with Gasteiger partial charge in [0.2, 0.25) is 0 Å². The van der Waals surface area contributed by atoms with Crippen molar-refractivity contribution in [3.05, 3.63) is 23.8 Å². The van der Waals surface area contributed by atoms with Gasteiger partial charge in [-0.1, -0.05) is 0 Å². The van der Waals surface area contributed by atoms with E-state index in [9.17, 15) is 4.79 Å². The van der Waals surface area contributed by atoms with Gasteiger partial charge in [-0.05, 0) is 25.1 Å². The van der Waals surface area contributed by atoms with Gasteiger partial charge in [0.05, 0.1) is 18.0 Å². The first-order chi connectivity index (χ1) is 6.81. The maximum Gasteiger partial charge on any atom is 0.338 e. The molecule has 74 valence electrons. The lowest BCUT2D eigenvalue weighted by atomic mass is 10.2. The Balaban J connectivity index is 2.24. The average Bonchev–Trinajstić information content (AvgIpc) is 2.64. The Kier molecular flexibility index (Phi) is 2.63. The zero-order chi connectivity index (χ0) is 9.97. The van der Waals surface area contributed by atoms with Crippen molar-refractivity contribution in [1.29, 1.82) is 0 Å². The Labute approximate surface area is 86.8 Å². The zero-order valence-corrected chi connectivity index (χ0v) is 8.69. The number of fused-ring (bicyclic) bond motifs is 1. The molecular formula is C10H11NO2S. The molecule has 3 nitrogen and oxygen atoms in total. The minimum absolute atomic E-state index is 0.256. The fourth-order valence-corrected chi connectivity index (χ4v) is 2.16. The van der Waals surface area contributed by atoms with Gasteiger partial charge in [-0.25, -0.2) is 4.79 Å². The van der Waals surface area contributed by atoms with Crippen LogP contribution < -0.4 is 5.32 Å². The average molecular weight is 209 g/mol. The van der Waals surface area contributed by atoms with Crippen molar-refractivity contribution in [2.75, 3.05) is 17.8 Å². The van der Waals surface area contributed by atoms with Crippen LogP contribution >= 0.6 is 11.8 Å². The van der Waals surface area contributed by atoms with E-state index in [1.54, 1.807) is 24.8 Å². The van der Waals surface area contributed by atoms with Crippen molar-refractivity contribution in [2.45, 2.75) is 11.8 Å². The summed E-state index contributed by atoms with van der Waals surface area (Å²) in [6.45, 7) is 2.22. The van der Waals surface area contributed by atoms with E-state index in [-0.39, 0.29) is 5.97 Å². The molecule has 0 atom stereocenters. The van der Waals surface area contributed by atoms with E-state index in [4.69, 9.17) is 4.74 Å². The molecule has 4 heteroatoms. The molecule has 1 aromatic carbocycles. The lowest BCUT2D eigenvalue weighted by Gasteiger charge is -2.03. The Bertz CT molecular complexity index is 365. The first-order valence-corrected chi connectivity index (χ1v) is 5.47. The highest BCUT2D eigenvalue weighted by molar-refractivity contribution is 7.99. The summed E-state index contributed by atoms with van der Waals surface area (Å²) in [5.41, 5.74) is 1.64. The fourth-order valence-electron chi connectivity index (χ4n) is 1.33. The maximum atomic E-state index is 11.4. The number of thioether (sulfide) groups is 1. The fraction of sp³-hybridized carbons (Fsp3) is 0.300. The van der Waals surface area contributed by atoms with Crippen LogP contribution in [0.4, 0.5) is 5.69 Å².